The van der Waals surface area contributed by atoms with Gasteiger partial charge in [-0.1, -0.05) is 66.7 Å². The number of aromatic nitrogens is 2. The van der Waals surface area contributed by atoms with Crippen LogP contribution in [0.2, 0.25) is 0 Å². The molecule has 3 aromatic rings. The van der Waals surface area contributed by atoms with E-state index in [9.17, 15) is 14.7 Å². The zero-order chi connectivity index (χ0) is 22.8. The molecule has 0 aliphatic carbocycles. The molecule has 2 saturated heterocycles. The van der Waals surface area contributed by atoms with E-state index in [1.54, 1.807) is 4.90 Å². The Morgan fingerprint density at radius 1 is 1.03 bits per heavy atom. The number of benzene rings is 2. The fourth-order valence-corrected chi connectivity index (χ4v) is 4.81. The highest BCUT2D eigenvalue weighted by Crippen LogP contribution is 2.43. The van der Waals surface area contributed by atoms with Crippen LogP contribution in [-0.2, 0) is 4.79 Å². The summed E-state index contributed by atoms with van der Waals surface area (Å²) in [5.41, 5.74) is 3.47. The molecule has 0 saturated carbocycles. The summed E-state index contributed by atoms with van der Waals surface area (Å²) in [4.78, 5) is 36.9. The predicted octanol–water partition coefficient (Wildman–Crippen LogP) is 2.46. The lowest BCUT2D eigenvalue weighted by Gasteiger charge is -2.58. The number of aliphatic hydroxyl groups is 1. The number of aliphatic hydroxyl groups excluding tert-OH is 1. The van der Waals surface area contributed by atoms with Crippen molar-refractivity contribution in [3.63, 3.8) is 0 Å². The van der Waals surface area contributed by atoms with Crippen LogP contribution in [0.15, 0.2) is 73.2 Å². The molecule has 0 unspecified atom stereocenters. The number of carbonyl (C=O) groups excluding carboxylic acids is 2. The molecule has 7 heteroatoms. The second-order valence-corrected chi connectivity index (χ2v) is 8.33. The van der Waals surface area contributed by atoms with Crippen molar-refractivity contribution in [3.8, 4) is 0 Å². The average Bonchev–Trinajstić information content (AvgIpc) is 2.85. The molecule has 0 radical (unpaired) electrons. The Bertz CT molecular complexity index is 1170. The Kier molecular flexibility index (Phi) is 5.71. The average molecular weight is 441 g/mol. The minimum Gasteiger partial charge on any atom is -0.394 e. The second-order valence-electron chi connectivity index (χ2n) is 8.33. The molecule has 7 nitrogen and oxygen atoms in total. The summed E-state index contributed by atoms with van der Waals surface area (Å²) in [5, 5.41) is 9.99. The minimum absolute atomic E-state index is 0.0155. The lowest BCUT2D eigenvalue weighted by Crippen LogP contribution is -2.73. The van der Waals surface area contributed by atoms with Crippen LogP contribution in [0.5, 0.6) is 0 Å². The highest BCUT2D eigenvalue weighted by molar-refractivity contribution is 5.96. The molecule has 1 N–H and O–H groups in total. The molecule has 1 aromatic heterocycles. The van der Waals surface area contributed by atoms with E-state index in [-0.39, 0.29) is 48.7 Å². The largest absolute Gasteiger partial charge is 0.394 e. The first kappa shape index (κ1) is 21.0. The van der Waals surface area contributed by atoms with Crippen molar-refractivity contribution in [1.82, 2.24) is 19.8 Å². The smallest absolute Gasteiger partial charge is 0.274 e. The summed E-state index contributed by atoms with van der Waals surface area (Å²) in [6.07, 6.45) is 8.50. The highest BCUT2D eigenvalue weighted by atomic mass is 16.3. The van der Waals surface area contributed by atoms with Crippen molar-refractivity contribution in [2.75, 3.05) is 19.7 Å². The van der Waals surface area contributed by atoms with Crippen molar-refractivity contribution >= 4 is 24.0 Å². The molecule has 2 aliphatic heterocycles. The number of hydrogen-bond acceptors (Lipinski definition) is 5. The van der Waals surface area contributed by atoms with E-state index >= 15 is 0 Å². The fraction of sp³-hybridized carbons (Fsp3) is 0.231. The first-order valence-electron chi connectivity index (χ1n) is 11.0. The van der Waals surface area contributed by atoms with Crippen molar-refractivity contribution in [1.29, 1.82) is 0 Å². The quantitative estimate of drug-likeness (QED) is 0.616. The zero-order valence-electron chi connectivity index (χ0n) is 18.0. The van der Waals surface area contributed by atoms with Crippen molar-refractivity contribution in [3.05, 3.63) is 95.6 Å². The molecular weight excluding hydrogens is 416 g/mol. The number of amides is 2. The normalized spacial score (nSPS) is 22.2. The van der Waals surface area contributed by atoms with Crippen molar-refractivity contribution in [2.45, 2.75) is 18.0 Å². The lowest BCUT2D eigenvalue weighted by atomic mass is 9.73. The maximum absolute atomic E-state index is 12.8. The molecule has 3 heterocycles. The molecule has 2 fully saturated rings. The second kappa shape index (κ2) is 8.96. The molecule has 166 valence electrons. The van der Waals surface area contributed by atoms with Crippen molar-refractivity contribution in [2.24, 2.45) is 0 Å². The molecule has 33 heavy (non-hydrogen) atoms. The van der Waals surface area contributed by atoms with Gasteiger partial charge in [0.2, 0.25) is 5.91 Å². The van der Waals surface area contributed by atoms with Gasteiger partial charge in [-0.25, -0.2) is 4.98 Å². The topological polar surface area (TPSA) is 86.6 Å². The molecule has 5 rings (SSSR count). The first-order valence-corrected chi connectivity index (χ1v) is 11.0. The number of piperazine rings is 1. The Morgan fingerprint density at radius 3 is 2.42 bits per heavy atom. The standard InChI is InChI=1S/C26H24N4O3/c31-17-23-25(20-10-8-19(9-11-20)7-6-18-4-2-1-3-5-18)22-15-29(16-24(32)30(22)23)26(33)21-14-27-12-13-28-21/h1-14,22-23,25,31H,15-17H2/b7-6+/t22-,23+,25-/m1/s1. The summed E-state index contributed by atoms with van der Waals surface area (Å²) in [5.74, 6) is -0.492. The number of fused-ring (bicyclic) bond motifs is 1. The monoisotopic (exact) mass is 440 g/mol. The van der Waals surface area contributed by atoms with Crippen LogP contribution in [0.1, 0.15) is 33.1 Å². The van der Waals surface area contributed by atoms with E-state index in [0.29, 0.717) is 6.54 Å². The van der Waals surface area contributed by atoms with E-state index in [0.717, 1.165) is 16.7 Å². The summed E-state index contributed by atoms with van der Waals surface area (Å²) in [6.45, 7) is 0.275. The van der Waals surface area contributed by atoms with E-state index in [1.165, 1.54) is 23.5 Å². The van der Waals surface area contributed by atoms with Gasteiger partial charge in [-0.3, -0.25) is 14.6 Å². The van der Waals surface area contributed by atoms with Crippen LogP contribution in [0.3, 0.4) is 0 Å². The van der Waals surface area contributed by atoms with Gasteiger partial charge in [0.1, 0.15) is 12.2 Å². The number of carbonyl (C=O) groups is 2. The molecule has 3 atom stereocenters. The van der Waals surface area contributed by atoms with E-state index < -0.39 is 0 Å². The maximum atomic E-state index is 12.8. The number of hydrogen-bond donors (Lipinski definition) is 1. The van der Waals surface area contributed by atoms with Crippen molar-refractivity contribution < 1.29 is 14.7 Å². The summed E-state index contributed by atoms with van der Waals surface area (Å²) in [7, 11) is 0. The minimum atomic E-state index is -0.302. The van der Waals surface area contributed by atoms with Gasteiger partial charge in [-0.15, -0.1) is 0 Å². The Hall–Kier alpha value is -3.84. The van der Waals surface area contributed by atoms with Crippen LogP contribution in [0.4, 0.5) is 0 Å². The lowest BCUT2D eigenvalue weighted by molar-refractivity contribution is -0.159. The van der Waals surface area contributed by atoms with Crippen LogP contribution >= 0.6 is 0 Å². The molecule has 0 spiro atoms. The van der Waals surface area contributed by atoms with Crippen LogP contribution in [0, 0.1) is 0 Å². The fourth-order valence-electron chi connectivity index (χ4n) is 4.81. The van der Waals surface area contributed by atoms with Gasteiger partial charge < -0.3 is 14.9 Å². The van der Waals surface area contributed by atoms with Gasteiger partial charge in [0, 0.05) is 24.9 Å². The van der Waals surface area contributed by atoms with E-state index in [4.69, 9.17) is 0 Å². The first-order chi connectivity index (χ1) is 16.2. The van der Waals surface area contributed by atoms with Crippen LogP contribution in [0.25, 0.3) is 12.2 Å². The van der Waals surface area contributed by atoms with Gasteiger partial charge in [0.25, 0.3) is 5.91 Å². The van der Waals surface area contributed by atoms with Gasteiger partial charge >= 0.3 is 0 Å². The molecular formula is C26H24N4O3. The van der Waals surface area contributed by atoms with Crippen LogP contribution in [-0.4, -0.2) is 68.5 Å². The third kappa shape index (κ3) is 4.03. The highest BCUT2D eigenvalue weighted by Gasteiger charge is 2.54. The van der Waals surface area contributed by atoms with Gasteiger partial charge in [0.05, 0.1) is 24.9 Å². The third-order valence-corrected chi connectivity index (χ3v) is 6.41. The third-order valence-electron chi connectivity index (χ3n) is 6.41. The van der Waals surface area contributed by atoms with E-state index in [1.807, 2.05) is 54.6 Å². The Balaban J connectivity index is 1.34. The Labute approximate surface area is 192 Å². The molecule has 2 amide bonds. The van der Waals surface area contributed by atoms with Gasteiger partial charge in [-0.2, -0.15) is 0 Å². The zero-order valence-corrected chi connectivity index (χ0v) is 18.0. The molecule has 0 bridgehead atoms. The SMILES string of the molecule is O=C(c1cnccn1)N1CC(=O)N2[C@H](C1)[C@@H](c1ccc(/C=C/c3ccccc3)cc1)[C@@H]2CO. The molecule has 2 aromatic carbocycles. The van der Waals surface area contributed by atoms with E-state index in [2.05, 4.69) is 22.1 Å². The van der Waals surface area contributed by atoms with Gasteiger partial charge in [0.15, 0.2) is 0 Å². The van der Waals surface area contributed by atoms with Gasteiger partial charge in [-0.05, 0) is 16.7 Å². The summed E-state index contributed by atoms with van der Waals surface area (Å²) >= 11 is 0. The number of nitrogens with zero attached hydrogens (tertiary/aromatic N) is 4. The summed E-state index contributed by atoms with van der Waals surface area (Å²) < 4.78 is 0. The van der Waals surface area contributed by atoms with Crippen LogP contribution < -0.4 is 0 Å². The maximum Gasteiger partial charge on any atom is 0.274 e. The predicted molar refractivity (Wildman–Crippen MR) is 124 cm³/mol. The number of rotatable bonds is 5. The Morgan fingerprint density at radius 2 is 1.76 bits per heavy atom. The summed E-state index contributed by atoms with van der Waals surface area (Å²) in [6, 6.07) is 17.8. The molecule has 2 aliphatic rings.